The summed E-state index contributed by atoms with van der Waals surface area (Å²) < 4.78 is 5.55. The van der Waals surface area contributed by atoms with E-state index in [1.54, 1.807) is 16.7 Å². The Hall–Kier alpha value is -3.86. The molecule has 12 aliphatic carbocycles. The van der Waals surface area contributed by atoms with Crippen molar-refractivity contribution in [1.29, 1.82) is 0 Å². The van der Waals surface area contributed by atoms with Gasteiger partial charge in [0, 0.05) is 27.6 Å². The number of allylic oxidation sites excluding steroid dienone is 4. The van der Waals surface area contributed by atoms with Crippen LogP contribution in [-0.4, -0.2) is 25.8 Å². The lowest BCUT2D eigenvalue weighted by Crippen LogP contribution is -2.60. The van der Waals surface area contributed by atoms with E-state index in [9.17, 15) is 0 Å². The average molecular weight is 915 g/mol. The molecule has 358 valence electrons. The van der Waals surface area contributed by atoms with Gasteiger partial charge in [-0.25, -0.2) is 9.97 Å². The molecule has 19 rings (SSSR count). The molecular formula is C64H79BN4. The van der Waals surface area contributed by atoms with Crippen molar-refractivity contribution in [3.8, 4) is 11.4 Å². The predicted molar refractivity (Wildman–Crippen MR) is 287 cm³/mol. The number of hydrogen-bond acceptors (Lipinski definition) is 2. The van der Waals surface area contributed by atoms with Crippen LogP contribution in [0.4, 0.5) is 0 Å². The van der Waals surface area contributed by atoms with Crippen molar-refractivity contribution in [2.45, 2.75) is 193 Å². The van der Waals surface area contributed by atoms with Crippen molar-refractivity contribution in [3.63, 3.8) is 0 Å². The molecule has 2 aliphatic heterocycles. The van der Waals surface area contributed by atoms with Gasteiger partial charge in [-0.1, -0.05) is 90.0 Å². The van der Waals surface area contributed by atoms with E-state index in [2.05, 4.69) is 119 Å². The Morgan fingerprint density at radius 1 is 0.478 bits per heavy atom. The Kier molecular flexibility index (Phi) is 8.95. The van der Waals surface area contributed by atoms with Crippen molar-refractivity contribution in [1.82, 2.24) is 19.1 Å². The monoisotopic (exact) mass is 915 g/mol. The lowest BCUT2D eigenvalue weighted by atomic mass is 9.33. The zero-order valence-electron chi connectivity index (χ0n) is 43.6. The minimum absolute atomic E-state index is 0.00442. The smallest absolute Gasteiger partial charge is 0.252 e. The molecule has 14 aliphatic rings. The highest BCUT2D eigenvalue weighted by Gasteiger charge is 2.50. The molecule has 8 fully saturated rings. The predicted octanol–water partition coefficient (Wildman–Crippen LogP) is 13.8. The first-order valence-electron chi connectivity index (χ1n) is 28.8. The summed E-state index contributed by atoms with van der Waals surface area (Å²) in [6.07, 6.45) is 29.2. The first kappa shape index (κ1) is 42.8. The normalized spacial score (nSPS) is 40.4. The highest BCUT2D eigenvalue weighted by molar-refractivity contribution is 7.00. The average Bonchev–Trinajstić information content (AvgIpc) is 3.81. The van der Waals surface area contributed by atoms with Gasteiger partial charge in [0.2, 0.25) is 0 Å². The van der Waals surface area contributed by atoms with Gasteiger partial charge in [-0.05, 0) is 239 Å². The van der Waals surface area contributed by atoms with Gasteiger partial charge in [0.15, 0.2) is 0 Å². The molecule has 69 heavy (non-hydrogen) atoms. The summed E-state index contributed by atoms with van der Waals surface area (Å²) in [7, 11) is 0. The van der Waals surface area contributed by atoms with Crippen molar-refractivity contribution in [3.05, 3.63) is 88.5 Å². The zero-order valence-corrected chi connectivity index (χ0v) is 43.6. The maximum absolute atomic E-state index is 6.12. The second kappa shape index (κ2) is 14.4. The minimum Gasteiger partial charge on any atom is -0.297 e. The van der Waals surface area contributed by atoms with Gasteiger partial charge in [0.25, 0.3) is 6.71 Å². The topological polar surface area (TPSA) is 35.6 Å². The van der Waals surface area contributed by atoms with Gasteiger partial charge in [-0.15, -0.1) is 0 Å². The third-order valence-electron chi connectivity index (χ3n) is 21.9. The molecule has 8 unspecified atom stereocenters. The fraction of sp³-hybridized carbons (Fsp3) is 0.625. The summed E-state index contributed by atoms with van der Waals surface area (Å²) in [5, 5.41) is 0. The lowest BCUT2D eigenvalue weighted by molar-refractivity contribution is 0.0799. The van der Waals surface area contributed by atoms with Crippen molar-refractivity contribution in [2.75, 3.05) is 0 Å². The summed E-state index contributed by atoms with van der Waals surface area (Å²) >= 11 is 0. The number of fused-ring (bicyclic) bond motifs is 20. The molecule has 0 amide bonds. The van der Waals surface area contributed by atoms with Crippen LogP contribution in [0.5, 0.6) is 0 Å². The van der Waals surface area contributed by atoms with Crippen LogP contribution in [-0.2, 0) is 21.7 Å². The summed E-state index contributed by atoms with van der Waals surface area (Å²) in [5.74, 6) is 10.7. The van der Waals surface area contributed by atoms with E-state index >= 15 is 0 Å². The molecule has 0 saturated heterocycles. The summed E-state index contributed by atoms with van der Waals surface area (Å²) in [6.45, 7) is 20.8. The van der Waals surface area contributed by atoms with Gasteiger partial charge in [-0.3, -0.25) is 9.13 Å². The number of aromatic nitrogens is 4. The van der Waals surface area contributed by atoms with Crippen LogP contribution in [0.15, 0.2) is 65.8 Å². The molecule has 4 heterocycles. The molecule has 0 N–H and O–H groups in total. The van der Waals surface area contributed by atoms with Gasteiger partial charge in [0.05, 0.1) is 22.1 Å². The minimum atomic E-state index is -0.153. The van der Waals surface area contributed by atoms with Crippen LogP contribution < -0.4 is 16.4 Å². The number of benzene rings is 3. The summed E-state index contributed by atoms with van der Waals surface area (Å²) in [6, 6.07) is 18.2. The highest BCUT2D eigenvalue weighted by Crippen LogP contribution is 2.55. The van der Waals surface area contributed by atoms with Crippen LogP contribution in [0.1, 0.15) is 194 Å². The van der Waals surface area contributed by atoms with E-state index < -0.39 is 0 Å². The van der Waals surface area contributed by atoms with Gasteiger partial charge in [-0.2, -0.15) is 0 Å². The van der Waals surface area contributed by atoms with Crippen LogP contribution in [0.2, 0.25) is 0 Å². The highest BCUT2D eigenvalue weighted by atomic mass is 15.1. The fourth-order valence-electron chi connectivity index (χ4n) is 19.8. The molecule has 3 aromatic carbocycles. The van der Waals surface area contributed by atoms with Crippen LogP contribution in [0.3, 0.4) is 0 Å². The van der Waals surface area contributed by atoms with E-state index in [1.165, 1.54) is 176 Å². The quantitative estimate of drug-likeness (QED) is 0.130. The second-order valence-corrected chi connectivity index (χ2v) is 28.7. The second-order valence-electron chi connectivity index (χ2n) is 28.7. The van der Waals surface area contributed by atoms with Gasteiger partial charge >= 0.3 is 0 Å². The third kappa shape index (κ3) is 6.31. The Balaban J connectivity index is 1.03. The number of imidazole rings is 2. The molecule has 8 saturated carbocycles. The van der Waals surface area contributed by atoms with Crippen LogP contribution in [0, 0.1) is 59.2 Å². The van der Waals surface area contributed by atoms with Crippen LogP contribution >= 0.6 is 0 Å². The summed E-state index contributed by atoms with van der Waals surface area (Å²) in [5.41, 5.74) is 18.9. The number of hydrogen-bond donors (Lipinski definition) is 0. The molecule has 5 aromatic rings. The fourth-order valence-corrected chi connectivity index (χ4v) is 19.8. The van der Waals surface area contributed by atoms with E-state index in [-0.39, 0.29) is 28.4 Å². The Morgan fingerprint density at radius 2 is 0.942 bits per heavy atom. The first-order valence-corrected chi connectivity index (χ1v) is 28.8. The molecule has 8 bridgehead atoms. The Labute approximate surface area is 414 Å². The lowest BCUT2D eigenvalue weighted by Gasteiger charge is -2.47. The maximum Gasteiger partial charge on any atom is 0.252 e. The van der Waals surface area contributed by atoms with Crippen molar-refractivity contribution >= 4 is 45.2 Å². The molecular weight excluding hydrogens is 836 g/mol. The molecule has 5 heteroatoms. The number of nitrogens with zero attached hydrogens (tertiary/aromatic N) is 4. The van der Waals surface area contributed by atoms with E-state index in [0.29, 0.717) is 17.8 Å². The number of rotatable bonds is 4. The molecule has 4 nitrogen and oxygen atoms in total. The van der Waals surface area contributed by atoms with Gasteiger partial charge < -0.3 is 0 Å². The van der Waals surface area contributed by atoms with E-state index in [0.717, 1.165) is 47.8 Å². The molecule has 8 atom stereocenters. The standard InChI is InChI=1S/C64H79BN4/c1-36-12-40-16-44(17-40)32-61(5,28-36)48-24-50-57-52(26-48)66-59(63(7)30-38(3)14-42-20-46(21-42)34-63)68(57)54-10-9-11-55-56(54)65(50)51-25-49(62(6)29-37(2)13-41-18-45(19-41)33-62)27-53-58(51)69(55)60(67-53)64(8)31-39(4)15-43-22-47(23-43)35-64/h9-11,24-27,32,35-43,45-46H,12-23,28-31,33-34H2,1-8H3. The Bertz CT molecular complexity index is 3050. The maximum atomic E-state index is 6.12. The molecule has 2 aromatic heterocycles. The van der Waals surface area contributed by atoms with Gasteiger partial charge in [0.1, 0.15) is 11.6 Å². The zero-order chi connectivity index (χ0) is 46.7. The van der Waals surface area contributed by atoms with Crippen molar-refractivity contribution < 1.29 is 0 Å². The first-order chi connectivity index (χ1) is 33.1. The molecule has 0 spiro atoms. The Morgan fingerprint density at radius 3 is 1.55 bits per heavy atom. The van der Waals surface area contributed by atoms with Crippen LogP contribution in [0.25, 0.3) is 33.4 Å². The summed E-state index contributed by atoms with van der Waals surface area (Å²) in [4.78, 5) is 12.2. The van der Waals surface area contributed by atoms with Crippen molar-refractivity contribution in [2.24, 2.45) is 59.2 Å². The van der Waals surface area contributed by atoms with E-state index in [4.69, 9.17) is 9.97 Å². The SMILES string of the molecule is CC1CC2CC(=CC(C)(c3cc4c5c(c3)nc(C3(C)CC(C)CC6CC(C6)C3)n5-c3cccc5c3B4c3cc(C4(C)CC(C)CC6CC(C6)C4)cc4nc(C6(C)C=C7CC(C7)CC(C)C6)n-5c34)C1)C2. The molecule has 0 radical (unpaired) electrons. The largest absolute Gasteiger partial charge is 0.297 e. The third-order valence-corrected chi connectivity index (χ3v) is 21.9. The van der Waals surface area contributed by atoms with E-state index in [1.807, 2.05) is 0 Å².